The lowest BCUT2D eigenvalue weighted by atomic mass is 9.84. The number of nitrogens with one attached hydrogen (secondary N) is 2. The maximum atomic E-state index is 15.0. The zero-order valence-corrected chi connectivity index (χ0v) is 27.1. The Morgan fingerprint density at radius 2 is 1.75 bits per heavy atom. The Bertz CT molecular complexity index is 1810. The molecule has 48 heavy (non-hydrogen) atoms. The summed E-state index contributed by atoms with van der Waals surface area (Å²) in [5, 5.41) is 5.80. The smallest absolute Gasteiger partial charge is 0.317 e. The molecule has 1 saturated heterocycles. The van der Waals surface area contributed by atoms with Crippen LogP contribution in [0.5, 0.6) is 0 Å². The minimum atomic E-state index is -3.77. The van der Waals surface area contributed by atoms with E-state index < -0.39 is 57.2 Å². The predicted octanol–water partition coefficient (Wildman–Crippen LogP) is 5.95. The fourth-order valence-electron chi connectivity index (χ4n) is 5.77. The highest BCUT2D eigenvalue weighted by atomic mass is 32.2. The van der Waals surface area contributed by atoms with Gasteiger partial charge in [-0.15, -0.1) is 0 Å². The molecule has 0 aliphatic carbocycles. The van der Waals surface area contributed by atoms with E-state index in [1.165, 1.54) is 41.8 Å². The lowest BCUT2D eigenvalue weighted by Gasteiger charge is -2.35. The van der Waals surface area contributed by atoms with E-state index in [1.54, 1.807) is 18.2 Å². The van der Waals surface area contributed by atoms with Gasteiger partial charge >= 0.3 is 11.9 Å². The highest BCUT2D eigenvalue weighted by Crippen LogP contribution is 2.32. The number of sulfonamides is 1. The Morgan fingerprint density at radius 3 is 2.35 bits per heavy atom. The molecular formula is C35H36F4N5O3S+. The van der Waals surface area contributed by atoms with E-state index in [0.29, 0.717) is 32.0 Å². The number of hydrogen-bond donors (Lipinski definition) is 2. The molecule has 1 aliphatic rings. The first kappa shape index (κ1) is 36.2. The number of carbonyl (C=O) groups excluding carboxylic acids is 1. The lowest BCUT2D eigenvalue weighted by Crippen LogP contribution is -2.53. The molecule has 3 unspecified atom stereocenters. The second-order valence-electron chi connectivity index (χ2n) is 11.2. The fraction of sp³-hybridized carbons (Fsp3) is 0.286. The van der Waals surface area contributed by atoms with Gasteiger partial charge in [0.2, 0.25) is 10.0 Å². The molecule has 8 nitrogen and oxygen atoms in total. The number of rotatable bonds is 13. The van der Waals surface area contributed by atoms with Crippen LogP contribution in [0.3, 0.4) is 0 Å². The van der Waals surface area contributed by atoms with E-state index in [9.17, 15) is 30.8 Å². The number of piperazine rings is 1. The summed E-state index contributed by atoms with van der Waals surface area (Å²) in [7, 11) is -2.36. The monoisotopic (exact) mass is 682 g/mol. The van der Waals surface area contributed by atoms with Gasteiger partial charge in [0.15, 0.2) is 0 Å². The molecule has 13 heteroatoms. The van der Waals surface area contributed by atoms with E-state index in [4.69, 9.17) is 6.57 Å². The van der Waals surface area contributed by atoms with Crippen LogP contribution in [-0.4, -0.2) is 63.6 Å². The molecule has 4 rings (SSSR count). The van der Waals surface area contributed by atoms with Crippen LogP contribution in [0.25, 0.3) is 4.85 Å². The zero-order valence-electron chi connectivity index (χ0n) is 26.3. The first-order valence-corrected chi connectivity index (χ1v) is 16.6. The van der Waals surface area contributed by atoms with Crippen molar-refractivity contribution in [2.45, 2.75) is 42.2 Å². The molecule has 1 aliphatic heterocycles. The van der Waals surface area contributed by atoms with Crippen LogP contribution in [0.2, 0.25) is 0 Å². The van der Waals surface area contributed by atoms with Gasteiger partial charge < -0.3 is 10.6 Å². The third-order valence-corrected chi connectivity index (χ3v) is 9.96. The van der Waals surface area contributed by atoms with E-state index in [2.05, 4.69) is 27.0 Å². The average molecular weight is 683 g/mol. The number of amides is 1. The summed E-state index contributed by atoms with van der Waals surface area (Å²) in [6.45, 7) is 10.3. The molecular weight excluding hydrogens is 646 g/mol. The maximum Gasteiger partial charge on any atom is 0.359 e. The second-order valence-corrected chi connectivity index (χ2v) is 13.1. The fourth-order valence-corrected chi connectivity index (χ4v) is 7.45. The standard InChI is InChI=1S/C35H35F4N5O3S/c1-23(36)31(11-7-8-29-21-42-16-17-44(29)48(46,47)30-9-5-4-6-10-30)32(22-40-2)43-35(45)34(41-3)33(24-12-14-26(37)15-13-24)25-18-27(38)20-28(39)19-25/h3-6,9-10,12-15,18-20,22,29,33-34,42H,1,7-8,11,16-17,21H2,2H3/p+1. The summed E-state index contributed by atoms with van der Waals surface area (Å²) in [6.07, 6.45) is 1.94. The topological polar surface area (TPSA) is 95.2 Å². The number of hydrogen-bond acceptors (Lipinski definition) is 5. The van der Waals surface area contributed by atoms with Gasteiger partial charge in [0.05, 0.1) is 16.5 Å². The van der Waals surface area contributed by atoms with Crippen molar-refractivity contribution < 1.29 is 30.8 Å². The van der Waals surface area contributed by atoms with Crippen molar-refractivity contribution in [3.8, 4) is 6.57 Å². The van der Waals surface area contributed by atoms with Crippen LogP contribution in [0.15, 0.2) is 106 Å². The summed E-state index contributed by atoms with van der Waals surface area (Å²) < 4.78 is 85.6. The van der Waals surface area contributed by atoms with Crippen LogP contribution in [0.1, 0.15) is 36.3 Å². The molecule has 3 atom stereocenters. The molecule has 3 aromatic rings. The normalized spacial score (nSPS) is 17.3. The second kappa shape index (κ2) is 16.5. The Labute approximate surface area is 277 Å². The first-order valence-electron chi connectivity index (χ1n) is 15.2. The average Bonchev–Trinajstić information content (AvgIpc) is 3.06. The Kier molecular flexibility index (Phi) is 12.4. The van der Waals surface area contributed by atoms with Gasteiger partial charge in [0, 0.05) is 50.6 Å². The molecule has 1 amide bonds. The molecule has 1 fully saturated rings. The van der Waals surface area contributed by atoms with Gasteiger partial charge in [0.25, 0.3) is 6.57 Å². The van der Waals surface area contributed by atoms with Crippen LogP contribution >= 0.6 is 0 Å². The number of allylic oxidation sites excluding steroid dienone is 3. The van der Waals surface area contributed by atoms with Gasteiger partial charge in [0.1, 0.15) is 23.3 Å². The van der Waals surface area contributed by atoms with Gasteiger partial charge in [-0.05, 0) is 66.8 Å². The molecule has 3 aromatic carbocycles. The highest BCUT2D eigenvalue weighted by molar-refractivity contribution is 7.89. The third kappa shape index (κ3) is 8.83. The van der Waals surface area contributed by atoms with E-state index >= 15 is 0 Å². The molecule has 252 valence electrons. The largest absolute Gasteiger partial charge is 0.359 e. The van der Waals surface area contributed by atoms with Gasteiger partial charge in [-0.3, -0.25) is 9.79 Å². The Morgan fingerprint density at radius 1 is 1.08 bits per heavy atom. The molecule has 1 heterocycles. The molecule has 0 bridgehead atoms. The maximum absolute atomic E-state index is 15.0. The van der Waals surface area contributed by atoms with Crippen LogP contribution in [0.4, 0.5) is 17.6 Å². The minimum Gasteiger partial charge on any atom is -0.317 e. The van der Waals surface area contributed by atoms with Crippen molar-refractivity contribution in [1.29, 1.82) is 0 Å². The third-order valence-electron chi connectivity index (χ3n) is 8.00. The minimum absolute atomic E-state index is 0.00101. The molecule has 2 N–H and O–H groups in total. The van der Waals surface area contributed by atoms with Crippen molar-refractivity contribution in [3.63, 3.8) is 0 Å². The molecule has 0 saturated carbocycles. The Balaban J connectivity index is 1.59. The van der Waals surface area contributed by atoms with E-state index in [-0.39, 0.29) is 40.3 Å². The molecule has 0 aromatic heterocycles. The van der Waals surface area contributed by atoms with Crippen LogP contribution < -0.4 is 10.6 Å². The van der Waals surface area contributed by atoms with Crippen LogP contribution in [0, 0.1) is 24.0 Å². The van der Waals surface area contributed by atoms with Crippen molar-refractivity contribution >= 4 is 22.1 Å². The summed E-state index contributed by atoms with van der Waals surface area (Å²) in [6, 6.07) is 13.8. The summed E-state index contributed by atoms with van der Waals surface area (Å²) in [4.78, 5) is 21.6. The summed E-state index contributed by atoms with van der Waals surface area (Å²) in [5.41, 5.74) is 0.245. The van der Waals surface area contributed by atoms with E-state index in [1.807, 2.05) is 0 Å². The number of nitrogens with zero attached hydrogens (tertiary/aromatic N) is 3. The number of benzene rings is 3. The van der Waals surface area contributed by atoms with Crippen molar-refractivity contribution in [2.75, 3.05) is 26.7 Å². The van der Waals surface area contributed by atoms with Crippen molar-refractivity contribution in [3.05, 3.63) is 130 Å². The van der Waals surface area contributed by atoms with Crippen molar-refractivity contribution in [1.82, 2.24) is 14.9 Å². The van der Waals surface area contributed by atoms with Crippen LogP contribution in [-0.2, 0) is 14.8 Å². The molecule has 0 spiro atoms. The highest BCUT2D eigenvalue weighted by Gasteiger charge is 2.40. The van der Waals surface area contributed by atoms with Gasteiger partial charge in [-0.25, -0.2) is 26.0 Å². The number of halogens is 4. The SMILES string of the molecule is C#[N+]C(C(=O)NC(C=NC)=C(CCCC1CNCCN1S(=O)(=O)c1ccccc1)C(=C)F)C(c1ccc(F)cc1)c1cc(F)cc(F)c1. The number of aliphatic imine (C=N–C) groups is 1. The first-order chi connectivity index (χ1) is 23.0. The molecule has 0 radical (unpaired) electrons. The van der Waals surface area contributed by atoms with Gasteiger partial charge in [-0.1, -0.05) is 41.8 Å². The quantitative estimate of drug-likeness (QED) is 0.132. The van der Waals surface area contributed by atoms with Crippen molar-refractivity contribution in [2.24, 2.45) is 4.99 Å². The predicted molar refractivity (Wildman–Crippen MR) is 177 cm³/mol. The Hall–Kier alpha value is -4.64. The van der Waals surface area contributed by atoms with Gasteiger partial charge in [-0.2, -0.15) is 4.31 Å². The zero-order chi connectivity index (χ0) is 34.8. The summed E-state index contributed by atoms with van der Waals surface area (Å²) in [5.74, 6) is -5.27. The number of carbonyl (C=O) groups is 1. The summed E-state index contributed by atoms with van der Waals surface area (Å²) >= 11 is 0. The van der Waals surface area contributed by atoms with E-state index in [0.717, 1.165) is 24.3 Å². The lowest BCUT2D eigenvalue weighted by molar-refractivity contribution is -0.120.